The third kappa shape index (κ3) is 2.85. The maximum absolute atomic E-state index is 11.9. The Labute approximate surface area is 125 Å². The molecule has 0 saturated heterocycles. The second-order valence-electron chi connectivity index (χ2n) is 4.36. The summed E-state index contributed by atoms with van der Waals surface area (Å²) in [7, 11) is 0. The van der Waals surface area contributed by atoms with Crippen LogP contribution in [0.15, 0.2) is 40.3 Å². The van der Waals surface area contributed by atoms with E-state index in [1.54, 1.807) is 11.6 Å². The van der Waals surface area contributed by atoms with Crippen molar-refractivity contribution in [2.75, 3.05) is 5.32 Å². The first-order valence-electron chi connectivity index (χ1n) is 6.53. The number of furan rings is 1. The summed E-state index contributed by atoms with van der Waals surface area (Å²) in [6.07, 6.45) is 4.03. The highest BCUT2D eigenvalue weighted by atomic mass is 32.1. The van der Waals surface area contributed by atoms with Gasteiger partial charge in [-0.2, -0.15) is 0 Å². The molecule has 2 heterocycles. The van der Waals surface area contributed by atoms with Crippen molar-refractivity contribution in [1.29, 1.82) is 0 Å². The van der Waals surface area contributed by atoms with E-state index in [0.717, 1.165) is 28.7 Å². The van der Waals surface area contributed by atoms with Gasteiger partial charge in [-0.3, -0.25) is 10.1 Å². The number of hydrogen-bond acceptors (Lipinski definition) is 5. The molecule has 3 rings (SSSR count). The fourth-order valence-corrected chi connectivity index (χ4v) is 2.54. The highest BCUT2D eigenvalue weighted by molar-refractivity contribution is 7.13. The Hall–Kier alpha value is -2.47. The Morgan fingerprint density at radius 1 is 1.43 bits per heavy atom. The third-order valence-corrected chi connectivity index (χ3v) is 3.63. The molecule has 0 aliphatic rings. The van der Waals surface area contributed by atoms with Gasteiger partial charge >= 0.3 is 0 Å². The van der Waals surface area contributed by atoms with Gasteiger partial charge in [0.25, 0.3) is 0 Å². The lowest BCUT2D eigenvalue weighted by molar-refractivity contribution is -0.111. The summed E-state index contributed by atoms with van der Waals surface area (Å²) in [4.78, 5) is 11.9. The number of para-hydroxylation sites is 1. The fourth-order valence-electron chi connectivity index (χ4n) is 2.10. The van der Waals surface area contributed by atoms with Gasteiger partial charge in [0.2, 0.25) is 11.0 Å². The number of aromatic nitrogens is 2. The molecule has 0 spiro atoms. The molecule has 1 N–H and O–H groups in total. The Kier molecular flexibility index (Phi) is 3.79. The van der Waals surface area contributed by atoms with Gasteiger partial charge in [0, 0.05) is 23.4 Å². The number of nitrogens with zero attached hydrogens (tertiary/aromatic N) is 2. The number of carbonyl (C=O) groups is 1. The molecule has 3 aromatic rings. The highest BCUT2D eigenvalue weighted by Crippen LogP contribution is 2.27. The van der Waals surface area contributed by atoms with E-state index in [1.807, 2.05) is 31.2 Å². The van der Waals surface area contributed by atoms with Crippen LogP contribution in [-0.2, 0) is 11.2 Å². The smallest absolute Gasteiger partial charge is 0.250 e. The molecule has 2 aromatic heterocycles. The van der Waals surface area contributed by atoms with Crippen LogP contribution in [0.4, 0.5) is 5.13 Å². The lowest BCUT2D eigenvalue weighted by Gasteiger charge is -1.96. The molecule has 21 heavy (non-hydrogen) atoms. The van der Waals surface area contributed by atoms with Crippen LogP contribution in [0.25, 0.3) is 17.0 Å². The second kappa shape index (κ2) is 5.88. The number of rotatable bonds is 4. The zero-order valence-corrected chi connectivity index (χ0v) is 12.2. The fraction of sp³-hybridized carbons (Fsp3) is 0.133. The first-order chi connectivity index (χ1) is 10.3. The molecule has 0 bridgehead atoms. The maximum Gasteiger partial charge on any atom is 0.250 e. The standard InChI is InChI=1S/C15H13N3O2S/c1-2-12-11(10-5-3-4-6-13(10)20-12)7-8-14(19)17-15-18-16-9-21-15/h3-9H,2H2,1H3,(H,17,18,19)/b8-7+. The van der Waals surface area contributed by atoms with E-state index < -0.39 is 0 Å². The minimum Gasteiger partial charge on any atom is -0.460 e. The van der Waals surface area contributed by atoms with E-state index in [1.165, 1.54) is 17.4 Å². The van der Waals surface area contributed by atoms with Gasteiger partial charge in [-0.05, 0) is 12.1 Å². The molecule has 0 aliphatic carbocycles. The summed E-state index contributed by atoms with van der Waals surface area (Å²) >= 11 is 1.28. The van der Waals surface area contributed by atoms with E-state index in [2.05, 4.69) is 15.5 Å². The molecule has 0 unspecified atom stereocenters. The van der Waals surface area contributed by atoms with Crippen LogP contribution < -0.4 is 5.32 Å². The number of benzene rings is 1. The van der Waals surface area contributed by atoms with Crippen LogP contribution in [0.5, 0.6) is 0 Å². The predicted octanol–water partition coefficient (Wildman–Crippen LogP) is 3.50. The zero-order chi connectivity index (χ0) is 14.7. The van der Waals surface area contributed by atoms with Crippen molar-refractivity contribution in [3.63, 3.8) is 0 Å². The second-order valence-corrected chi connectivity index (χ2v) is 5.19. The number of amides is 1. The Bertz CT molecular complexity index is 790. The van der Waals surface area contributed by atoms with E-state index in [0.29, 0.717) is 5.13 Å². The summed E-state index contributed by atoms with van der Waals surface area (Å²) in [6, 6.07) is 7.80. The van der Waals surface area contributed by atoms with Crippen LogP contribution in [0.1, 0.15) is 18.2 Å². The highest BCUT2D eigenvalue weighted by Gasteiger charge is 2.10. The van der Waals surface area contributed by atoms with Crippen molar-refractivity contribution in [1.82, 2.24) is 10.2 Å². The van der Waals surface area contributed by atoms with Crippen LogP contribution in [0, 0.1) is 0 Å². The molecule has 5 nitrogen and oxygen atoms in total. The molecule has 106 valence electrons. The van der Waals surface area contributed by atoms with E-state index in [9.17, 15) is 4.79 Å². The first-order valence-corrected chi connectivity index (χ1v) is 7.41. The maximum atomic E-state index is 11.9. The van der Waals surface area contributed by atoms with Crippen molar-refractivity contribution < 1.29 is 9.21 Å². The summed E-state index contributed by atoms with van der Waals surface area (Å²) < 4.78 is 5.78. The van der Waals surface area contributed by atoms with Gasteiger partial charge in [0.1, 0.15) is 16.9 Å². The molecule has 0 saturated carbocycles. The summed E-state index contributed by atoms with van der Waals surface area (Å²) in [5.74, 6) is 0.634. The van der Waals surface area contributed by atoms with Crippen molar-refractivity contribution in [3.8, 4) is 0 Å². The number of fused-ring (bicyclic) bond motifs is 1. The minimum atomic E-state index is -0.237. The van der Waals surface area contributed by atoms with E-state index in [4.69, 9.17) is 4.42 Å². The molecular formula is C15H13N3O2S. The largest absolute Gasteiger partial charge is 0.460 e. The third-order valence-electron chi connectivity index (χ3n) is 3.02. The van der Waals surface area contributed by atoms with Gasteiger partial charge in [0.15, 0.2) is 0 Å². The van der Waals surface area contributed by atoms with Crippen LogP contribution >= 0.6 is 11.3 Å². The predicted molar refractivity (Wildman–Crippen MR) is 83.2 cm³/mol. The quantitative estimate of drug-likeness (QED) is 0.749. The average Bonchev–Trinajstić information content (AvgIpc) is 3.12. The molecule has 0 atom stereocenters. The number of carbonyl (C=O) groups excluding carboxylic acids is 1. The Balaban J connectivity index is 1.86. The summed E-state index contributed by atoms with van der Waals surface area (Å²) in [6.45, 7) is 2.02. The Morgan fingerprint density at radius 2 is 2.29 bits per heavy atom. The average molecular weight is 299 g/mol. The van der Waals surface area contributed by atoms with Crippen LogP contribution in [0.3, 0.4) is 0 Å². The molecule has 1 aromatic carbocycles. The van der Waals surface area contributed by atoms with Gasteiger partial charge < -0.3 is 4.42 Å². The first kappa shape index (κ1) is 13.5. The lowest BCUT2D eigenvalue weighted by Crippen LogP contribution is -2.07. The topological polar surface area (TPSA) is 68.0 Å². The van der Waals surface area contributed by atoms with E-state index in [-0.39, 0.29) is 5.91 Å². The van der Waals surface area contributed by atoms with Gasteiger partial charge in [-0.15, -0.1) is 10.2 Å². The normalized spacial score (nSPS) is 11.3. The number of anilines is 1. The van der Waals surface area contributed by atoms with Crippen LogP contribution in [0.2, 0.25) is 0 Å². The molecular weight excluding hydrogens is 286 g/mol. The number of hydrogen-bond donors (Lipinski definition) is 1. The van der Waals surface area contributed by atoms with Crippen molar-refractivity contribution >= 4 is 39.4 Å². The van der Waals surface area contributed by atoms with Gasteiger partial charge in [-0.25, -0.2) is 0 Å². The monoisotopic (exact) mass is 299 g/mol. The van der Waals surface area contributed by atoms with Crippen molar-refractivity contribution in [3.05, 3.63) is 47.2 Å². The number of nitrogens with one attached hydrogen (secondary N) is 1. The SMILES string of the molecule is CCc1oc2ccccc2c1/C=C/C(=O)Nc1nncs1. The van der Waals surface area contributed by atoms with E-state index >= 15 is 0 Å². The lowest BCUT2D eigenvalue weighted by atomic mass is 10.1. The summed E-state index contributed by atoms with van der Waals surface area (Å²) in [5, 5.41) is 11.6. The molecule has 1 amide bonds. The Morgan fingerprint density at radius 3 is 3.05 bits per heavy atom. The van der Waals surface area contributed by atoms with Gasteiger partial charge in [-0.1, -0.05) is 36.5 Å². The zero-order valence-electron chi connectivity index (χ0n) is 11.4. The van der Waals surface area contributed by atoms with Crippen molar-refractivity contribution in [2.45, 2.75) is 13.3 Å². The molecule has 6 heteroatoms. The molecule has 0 radical (unpaired) electrons. The number of aryl methyl sites for hydroxylation is 1. The molecule has 0 aliphatic heterocycles. The van der Waals surface area contributed by atoms with Crippen LogP contribution in [-0.4, -0.2) is 16.1 Å². The van der Waals surface area contributed by atoms with Gasteiger partial charge in [0.05, 0.1) is 0 Å². The molecule has 0 fully saturated rings. The van der Waals surface area contributed by atoms with Crippen molar-refractivity contribution in [2.24, 2.45) is 0 Å². The summed E-state index contributed by atoms with van der Waals surface area (Å²) in [5.41, 5.74) is 3.34. The minimum absolute atomic E-state index is 0.237.